The standard InChI is InChI=1S/C23H31N3O2S2/c1-3-4-7-12-29-14-18-15-30-23(24-18)26-22(28)25-20-11-10-16(2)13-19(20)21(27)17-8-5-6-9-17/h10-11,13,15,17H,3-9,12,14H2,1-2H3,(H2,24,25,26,28). The number of unbranched alkanes of at least 4 members (excludes halogenated alkanes) is 2. The number of hydrogen-bond donors (Lipinski definition) is 2. The minimum atomic E-state index is -0.365. The summed E-state index contributed by atoms with van der Waals surface area (Å²) in [6, 6.07) is 5.25. The second kappa shape index (κ2) is 11.5. The first-order chi connectivity index (χ1) is 14.6. The second-order valence-electron chi connectivity index (χ2n) is 7.88. The molecule has 0 unspecified atom stereocenters. The fourth-order valence-electron chi connectivity index (χ4n) is 3.69. The summed E-state index contributed by atoms with van der Waals surface area (Å²) in [6.07, 6.45) is 7.82. The molecule has 162 valence electrons. The van der Waals surface area contributed by atoms with Gasteiger partial charge < -0.3 is 5.32 Å². The van der Waals surface area contributed by atoms with Crippen molar-refractivity contribution in [1.82, 2.24) is 4.98 Å². The van der Waals surface area contributed by atoms with Crippen molar-refractivity contribution in [3.8, 4) is 0 Å². The van der Waals surface area contributed by atoms with Crippen molar-refractivity contribution in [2.24, 2.45) is 5.92 Å². The lowest BCUT2D eigenvalue weighted by atomic mass is 9.94. The zero-order chi connectivity index (χ0) is 21.3. The largest absolute Gasteiger partial charge is 0.325 e. The van der Waals surface area contributed by atoms with E-state index < -0.39 is 0 Å². The van der Waals surface area contributed by atoms with E-state index in [9.17, 15) is 9.59 Å². The number of nitrogens with one attached hydrogen (secondary N) is 2. The summed E-state index contributed by atoms with van der Waals surface area (Å²) in [5.74, 6) is 2.22. The number of amides is 2. The highest BCUT2D eigenvalue weighted by atomic mass is 32.2. The number of hydrogen-bond acceptors (Lipinski definition) is 5. The molecule has 1 aliphatic rings. The van der Waals surface area contributed by atoms with Crippen LogP contribution in [-0.2, 0) is 5.75 Å². The van der Waals surface area contributed by atoms with Gasteiger partial charge in [-0.2, -0.15) is 11.8 Å². The van der Waals surface area contributed by atoms with Crippen LogP contribution in [0.4, 0.5) is 15.6 Å². The van der Waals surface area contributed by atoms with Crippen LogP contribution in [0.15, 0.2) is 23.6 Å². The maximum Gasteiger partial charge on any atom is 0.325 e. The van der Waals surface area contributed by atoms with Gasteiger partial charge in [-0.05, 0) is 44.1 Å². The highest BCUT2D eigenvalue weighted by Crippen LogP contribution is 2.31. The summed E-state index contributed by atoms with van der Waals surface area (Å²) in [6.45, 7) is 4.17. The molecule has 1 aliphatic carbocycles. The highest BCUT2D eigenvalue weighted by molar-refractivity contribution is 7.98. The molecule has 1 aromatic carbocycles. The number of Topliss-reactive ketones (excluding diaryl/α,β-unsaturated/α-hetero) is 1. The Hall–Kier alpha value is -1.86. The molecule has 1 heterocycles. The van der Waals surface area contributed by atoms with Gasteiger partial charge >= 0.3 is 6.03 Å². The molecule has 0 saturated heterocycles. The lowest BCUT2D eigenvalue weighted by Crippen LogP contribution is -2.22. The fourth-order valence-corrected chi connectivity index (χ4v) is 5.41. The van der Waals surface area contributed by atoms with Crippen LogP contribution in [-0.4, -0.2) is 22.6 Å². The van der Waals surface area contributed by atoms with Gasteiger partial charge in [-0.15, -0.1) is 11.3 Å². The van der Waals surface area contributed by atoms with Crippen molar-refractivity contribution in [3.05, 3.63) is 40.4 Å². The zero-order valence-electron chi connectivity index (χ0n) is 17.8. The third-order valence-corrected chi connectivity index (χ3v) is 7.21. The summed E-state index contributed by atoms with van der Waals surface area (Å²) in [4.78, 5) is 30.0. The monoisotopic (exact) mass is 445 g/mol. The third kappa shape index (κ3) is 6.57. The number of aryl methyl sites for hydroxylation is 1. The zero-order valence-corrected chi connectivity index (χ0v) is 19.5. The van der Waals surface area contributed by atoms with Crippen LogP contribution in [0.5, 0.6) is 0 Å². The molecule has 1 aromatic heterocycles. The van der Waals surface area contributed by atoms with Gasteiger partial charge in [0.25, 0.3) is 0 Å². The SMILES string of the molecule is CCCCCSCc1csc(NC(=O)Nc2ccc(C)cc2C(=O)C2CCCC2)n1. The van der Waals surface area contributed by atoms with Crippen molar-refractivity contribution < 1.29 is 9.59 Å². The van der Waals surface area contributed by atoms with Gasteiger partial charge in [0.15, 0.2) is 10.9 Å². The Bertz CT molecular complexity index is 860. The molecule has 2 N–H and O–H groups in total. The number of anilines is 2. The van der Waals surface area contributed by atoms with E-state index in [0.29, 0.717) is 16.4 Å². The molecule has 5 nitrogen and oxygen atoms in total. The van der Waals surface area contributed by atoms with Crippen LogP contribution in [0.25, 0.3) is 0 Å². The second-order valence-corrected chi connectivity index (χ2v) is 9.84. The Balaban J connectivity index is 1.57. The van der Waals surface area contributed by atoms with Gasteiger partial charge in [-0.25, -0.2) is 9.78 Å². The van der Waals surface area contributed by atoms with Crippen molar-refractivity contribution in [3.63, 3.8) is 0 Å². The van der Waals surface area contributed by atoms with E-state index in [4.69, 9.17) is 0 Å². The smallest absolute Gasteiger partial charge is 0.307 e. The average molecular weight is 446 g/mol. The molecule has 2 aromatic rings. The van der Waals surface area contributed by atoms with Crippen molar-refractivity contribution in [2.45, 2.75) is 64.5 Å². The van der Waals surface area contributed by atoms with Crippen LogP contribution in [0.3, 0.4) is 0 Å². The Morgan fingerprint density at radius 3 is 2.77 bits per heavy atom. The Kier molecular flexibility index (Phi) is 8.75. The molecule has 30 heavy (non-hydrogen) atoms. The molecule has 0 aliphatic heterocycles. The quantitative estimate of drug-likeness (QED) is 0.308. The first-order valence-corrected chi connectivity index (χ1v) is 12.8. The molecule has 1 saturated carbocycles. The number of aromatic nitrogens is 1. The number of urea groups is 1. The molecule has 0 spiro atoms. The van der Waals surface area contributed by atoms with Gasteiger partial charge in [0.2, 0.25) is 0 Å². The minimum Gasteiger partial charge on any atom is -0.307 e. The van der Waals surface area contributed by atoms with Crippen LogP contribution in [0.2, 0.25) is 0 Å². The maximum absolute atomic E-state index is 12.9. The molecule has 7 heteroatoms. The molecule has 0 atom stereocenters. The maximum atomic E-state index is 12.9. The average Bonchev–Trinajstić information content (AvgIpc) is 3.41. The minimum absolute atomic E-state index is 0.0757. The van der Waals surface area contributed by atoms with Gasteiger partial charge in [0.1, 0.15) is 0 Å². The first kappa shape index (κ1) is 22.8. The molecule has 0 bridgehead atoms. The van der Waals surface area contributed by atoms with Gasteiger partial charge in [-0.3, -0.25) is 10.1 Å². The van der Waals surface area contributed by atoms with Crippen molar-refractivity contribution >= 4 is 45.7 Å². The Morgan fingerprint density at radius 2 is 2.00 bits per heavy atom. The summed E-state index contributed by atoms with van der Waals surface area (Å²) in [7, 11) is 0. The van der Waals surface area contributed by atoms with Crippen molar-refractivity contribution in [1.29, 1.82) is 0 Å². The topological polar surface area (TPSA) is 71.1 Å². The van der Waals surface area contributed by atoms with Crippen molar-refractivity contribution in [2.75, 3.05) is 16.4 Å². The predicted octanol–water partition coefficient (Wildman–Crippen LogP) is 6.89. The number of thioether (sulfide) groups is 1. The normalized spacial score (nSPS) is 14.1. The number of nitrogens with zero attached hydrogens (tertiary/aromatic N) is 1. The van der Waals surface area contributed by atoms with E-state index >= 15 is 0 Å². The Morgan fingerprint density at radius 1 is 1.20 bits per heavy atom. The van der Waals surface area contributed by atoms with E-state index in [1.54, 1.807) is 0 Å². The highest BCUT2D eigenvalue weighted by Gasteiger charge is 2.26. The summed E-state index contributed by atoms with van der Waals surface area (Å²) < 4.78 is 0. The molecule has 1 fully saturated rings. The fraction of sp³-hybridized carbons (Fsp3) is 0.522. The Labute approximate surface area is 187 Å². The van der Waals surface area contributed by atoms with Crippen LogP contribution >= 0.6 is 23.1 Å². The number of carbonyl (C=O) groups excluding carboxylic acids is 2. The van der Waals surface area contributed by atoms with E-state index in [2.05, 4.69) is 22.5 Å². The lowest BCUT2D eigenvalue weighted by molar-refractivity contribution is 0.0923. The van der Waals surface area contributed by atoms with E-state index in [1.807, 2.05) is 42.3 Å². The van der Waals surface area contributed by atoms with Gasteiger partial charge in [-0.1, -0.05) is 44.2 Å². The van der Waals surface area contributed by atoms with Crippen LogP contribution in [0, 0.1) is 12.8 Å². The summed E-state index contributed by atoms with van der Waals surface area (Å²) >= 11 is 3.30. The number of rotatable bonds is 10. The van der Waals surface area contributed by atoms with E-state index in [-0.39, 0.29) is 17.7 Å². The number of carbonyl (C=O) groups is 2. The third-order valence-electron chi connectivity index (χ3n) is 5.33. The number of benzene rings is 1. The van der Waals surface area contributed by atoms with Gasteiger partial charge in [0.05, 0.1) is 11.4 Å². The summed E-state index contributed by atoms with van der Waals surface area (Å²) in [5.41, 5.74) is 3.19. The van der Waals surface area contributed by atoms with Gasteiger partial charge in [0, 0.05) is 22.6 Å². The number of thiazole rings is 1. The van der Waals surface area contributed by atoms with E-state index in [0.717, 1.165) is 48.4 Å². The predicted molar refractivity (Wildman–Crippen MR) is 128 cm³/mol. The van der Waals surface area contributed by atoms with Crippen LogP contribution < -0.4 is 10.6 Å². The van der Waals surface area contributed by atoms with E-state index in [1.165, 1.54) is 30.6 Å². The van der Waals surface area contributed by atoms with Crippen LogP contribution in [0.1, 0.15) is 73.5 Å². The number of ketones is 1. The molecular weight excluding hydrogens is 414 g/mol. The molecule has 3 rings (SSSR count). The lowest BCUT2D eigenvalue weighted by Gasteiger charge is -2.14. The molecular formula is C23H31N3O2S2. The first-order valence-electron chi connectivity index (χ1n) is 10.8. The summed E-state index contributed by atoms with van der Waals surface area (Å²) in [5, 5.41) is 8.23. The molecule has 0 radical (unpaired) electrons. The molecule has 2 amide bonds.